The van der Waals surface area contributed by atoms with Gasteiger partial charge in [-0.1, -0.05) is 50.5 Å². The number of ether oxygens (including phenoxy) is 2. The minimum absolute atomic E-state index is 0.165. The Hall–Kier alpha value is -1.17. The zero-order valence-electron chi connectivity index (χ0n) is 16.3. The minimum Gasteiger partial charge on any atom is -0.469 e. The minimum atomic E-state index is -0.501. The molecule has 1 aliphatic rings. The third-order valence-electron chi connectivity index (χ3n) is 4.74. The van der Waals surface area contributed by atoms with E-state index >= 15 is 0 Å². The Morgan fingerprint density at radius 1 is 1.23 bits per heavy atom. The van der Waals surface area contributed by atoms with Crippen molar-refractivity contribution in [1.82, 2.24) is 0 Å². The molecule has 0 bridgehead atoms. The van der Waals surface area contributed by atoms with E-state index in [2.05, 4.69) is 29.9 Å². The Morgan fingerprint density at radius 3 is 2.73 bits per heavy atom. The molecule has 0 aromatic rings. The summed E-state index contributed by atoms with van der Waals surface area (Å²) in [6.45, 7) is 2.14. The van der Waals surface area contributed by atoms with Crippen LogP contribution in [0.4, 0.5) is 0 Å². The molecule has 1 aliphatic heterocycles. The third kappa shape index (κ3) is 9.51. The van der Waals surface area contributed by atoms with Crippen molar-refractivity contribution in [3.05, 3.63) is 24.3 Å². The summed E-state index contributed by atoms with van der Waals surface area (Å²) in [7, 11) is 1.41. The molecule has 1 rings (SSSR count). The molecule has 5 nitrogen and oxygen atoms in total. The number of methoxy groups -OCH3 is 1. The Morgan fingerprint density at radius 2 is 2.00 bits per heavy atom. The summed E-state index contributed by atoms with van der Waals surface area (Å²) in [6.07, 6.45) is 14.9. The van der Waals surface area contributed by atoms with Crippen molar-refractivity contribution in [2.24, 2.45) is 0 Å². The first-order chi connectivity index (χ1) is 12.6. The lowest BCUT2D eigenvalue weighted by atomic mass is 10.0. The molecule has 1 heterocycles. The number of carbonyl (C=O) groups is 1. The summed E-state index contributed by atoms with van der Waals surface area (Å²) >= 11 is 0. The highest BCUT2D eigenvalue weighted by Gasteiger charge is 2.36. The van der Waals surface area contributed by atoms with Crippen LogP contribution in [0.25, 0.3) is 0 Å². The average molecular weight is 369 g/mol. The molecule has 1 saturated heterocycles. The molecule has 0 aromatic heterocycles. The van der Waals surface area contributed by atoms with Gasteiger partial charge in [0, 0.05) is 12.8 Å². The molecule has 0 spiro atoms. The van der Waals surface area contributed by atoms with Crippen LogP contribution in [-0.2, 0) is 14.3 Å². The van der Waals surface area contributed by atoms with Crippen LogP contribution in [-0.4, -0.2) is 47.7 Å². The third-order valence-corrected chi connectivity index (χ3v) is 4.74. The molecule has 1 fully saturated rings. The number of unbranched alkanes of at least 4 members (excludes halogenated alkanes) is 3. The summed E-state index contributed by atoms with van der Waals surface area (Å²) in [5, 5.41) is 20.3. The van der Waals surface area contributed by atoms with Crippen LogP contribution in [0.15, 0.2) is 24.3 Å². The Kier molecular flexibility index (Phi) is 12.3. The molecular weight excluding hydrogens is 332 g/mol. The van der Waals surface area contributed by atoms with E-state index in [1.165, 1.54) is 7.11 Å². The highest BCUT2D eigenvalue weighted by molar-refractivity contribution is 5.69. The predicted octanol–water partition coefficient (Wildman–Crippen LogP) is 3.68. The van der Waals surface area contributed by atoms with E-state index in [1.54, 1.807) is 0 Å². The van der Waals surface area contributed by atoms with Crippen molar-refractivity contribution in [1.29, 1.82) is 0 Å². The maximum Gasteiger partial charge on any atom is 0.305 e. The number of hydrogen-bond donors (Lipinski definition) is 2. The van der Waals surface area contributed by atoms with Gasteiger partial charge in [-0.05, 0) is 32.1 Å². The van der Waals surface area contributed by atoms with Gasteiger partial charge in [0.05, 0.1) is 31.5 Å². The first kappa shape index (κ1) is 22.9. The Labute approximate surface area is 158 Å². The zero-order valence-corrected chi connectivity index (χ0v) is 16.3. The molecule has 26 heavy (non-hydrogen) atoms. The van der Waals surface area contributed by atoms with Gasteiger partial charge in [0.15, 0.2) is 0 Å². The van der Waals surface area contributed by atoms with Gasteiger partial charge < -0.3 is 19.7 Å². The number of aliphatic hydroxyl groups excluding tert-OH is 2. The molecule has 4 atom stereocenters. The van der Waals surface area contributed by atoms with Crippen LogP contribution in [0, 0.1) is 0 Å². The predicted molar refractivity (Wildman–Crippen MR) is 103 cm³/mol. The second kappa shape index (κ2) is 14.0. The number of carbonyl (C=O) groups excluding carboxylic acids is 1. The van der Waals surface area contributed by atoms with Crippen LogP contribution in [0.3, 0.4) is 0 Å². The summed E-state index contributed by atoms with van der Waals surface area (Å²) in [5.41, 5.74) is 0. The van der Waals surface area contributed by atoms with Gasteiger partial charge in [0.1, 0.15) is 0 Å². The van der Waals surface area contributed by atoms with Gasteiger partial charge >= 0.3 is 5.97 Å². The highest BCUT2D eigenvalue weighted by atomic mass is 16.5. The summed E-state index contributed by atoms with van der Waals surface area (Å²) in [5.74, 6) is -0.165. The quantitative estimate of drug-likeness (QED) is 0.295. The smallest absolute Gasteiger partial charge is 0.305 e. The van der Waals surface area contributed by atoms with Gasteiger partial charge in [-0.3, -0.25) is 4.79 Å². The normalized spacial score (nSPS) is 24.5. The topological polar surface area (TPSA) is 76.0 Å². The second-order valence-electron chi connectivity index (χ2n) is 6.96. The van der Waals surface area contributed by atoms with E-state index in [4.69, 9.17) is 4.74 Å². The molecule has 0 amide bonds. The summed E-state index contributed by atoms with van der Waals surface area (Å²) in [6, 6.07) is 0. The number of hydrogen-bond acceptors (Lipinski definition) is 5. The average Bonchev–Trinajstić information content (AvgIpc) is 3.01. The van der Waals surface area contributed by atoms with Gasteiger partial charge in [-0.2, -0.15) is 0 Å². The number of esters is 1. The maximum absolute atomic E-state index is 11.0. The van der Waals surface area contributed by atoms with Crippen molar-refractivity contribution >= 4 is 5.97 Å². The fraction of sp³-hybridized carbons (Fsp3) is 0.762. The first-order valence-electron chi connectivity index (χ1n) is 9.96. The lowest BCUT2D eigenvalue weighted by Crippen LogP contribution is -2.26. The van der Waals surface area contributed by atoms with Crippen molar-refractivity contribution < 1.29 is 24.5 Å². The maximum atomic E-state index is 11.0. The molecule has 0 aliphatic carbocycles. The van der Waals surface area contributed by atoms with Crippen LogP contribution in [0.1, 0.15) is 71.1 Å². The SMILES string of the molecule is CCCCCC(O)[C@H]1CC(O)[C@H](CC=CCC=CCCCC(=O)OC)O1. The van der Waals surface area contributed by atoms with Gasteiger partial charge in [-0.15, -0.1) is 0 Å². The van der Waals surface area contributed by atoms with E-state index in [0.717, 1.165) is 44.9 Å². The van der Waals surface area contributed by atoms with Crippen LogP contribution in [0.2, 0.25) is 0 Å². The first-order valence-corrected chi connectivity index (χ1v) is 9.96. The van der Waals surface area contributed by atoms with E-state index in [-0.39, 0.29) is 18.2 Å². The molecule has 0 aromatic carbocycles. The largest absolute Gasteiger partial charge is 0.469 e. The van der Waals surface area contributed by atoms with E-state index in [0.29, 0.717) is 19.3 Å². The van der Waals surface area contributed by atoms with Gasteiger partial charge in [0.2, 0.25) is 0 Å². The highest BCUT2D eigenvalue weighted by Crippen LogP contribution is 2.27. The second-order valence-corrected chi connectivity index (χ2v) is 6.96. The number of allylic oxidation sites excluding steroid dienone is 3. The zero-order chi connectivity index (χ0) is 19.2. The van der Waals surface area contributed by atoms with E-state index < -0.39 is 12.2 Å². The molecule has 0 saturated carbocycles. The lowest BCUT2D eigenvalue weighted by Gasteiger charge is -2.18. The molecule has 150 valence electrons. The van der Waals surface area contributed by atoms with Gasteiger partial charge in [-0.25, -0.2) is 0 Å². The van der Waals surface area contributed by atoms with Gasteiger partial charge in [0.25, 0.3) is 0 Å². The fourth-order valence-electron chi connectivity index (χ4n) is 3.10. The summed E-state index contributed by atoms with van der Waals surface area (Å²) in [4.78, 5) is 11.0. The lowest BCUT2D eigenvalue weighted by molar-refractivity contribution is -0.140. The van der Waals surface area contributed by atoms with Crippen molar-refractivity contribution in [3.8, 4) is 0 Å². The van der Waals surface area contributed by atoms with Crippen LogP contribution in [0.5, 0.6) is 0 Å². The molecule has 2 unspecified atom stereocenters. The molecule has 5 heteroatoms. The van der Waals surface area contributed by atoms with Crippen molar-refractivity contribution in [2.75, 3.05) is 7.11 Å². The standard InChI is InChI=1S/C21H36O5/c1-3-4-10-13-17(22)20-16-18(23)19(26-20)14-11-8-6-5-7-9-12-15-21(24)25-2/h5,7-8,11,17-20,22-23H,3-4,6,9-10,12-16H2,1-2H3/t17?,18?,19-,20+/m0/s1. The van der Waals surface area contributed by atoms with Crippen LogP contribution >= 0.6 is 0 Å². The van der Waals surface area contributed by atoms with E-state index in [1.807, 2.05) is 6.08 Å². The number of aliphatic hydroxyl groups is 2. The Bertz CT molecular complexity index is 432. The number of rotatable bonds is 13. The van der Waals surface area contributed by atoms with Crippen molar-refractivity contribution in [2.45, 2.75) is 95.5 Å². The van der Waals surface area contributed by atoms with E-state index in [9.17, 15) is 15.0 Å². The summed E-state index contributed by atoms with van der Waals surface area (Å²) < 4.78 is 10.4. The van der Waals surface area contributed by atoms with Crippen molar-refractivity contribution in [3.63, 3.8) is 0 Å². The Balaban J connectivity index is 2.16. The fourth-order valence-corrected chi connectivity index (χ4v) is 3.10. The molecule has 2 N–H and O–H groups in total. The molecular formula is C21H36O5. The monoisotopic (exact) mass is 368 g/mol. The van der Waals surface area contributed by atoms with Crippen LogP contribution < -0.4 is 0 Å². The molecule has 0 radical (unpaired) electrons.